The summed E-state index contributed by atoms with van der Waals surface area (Å²) in [5.41, 5.74) is 5.75. The van der Waals surface area contributed by atoms with Crippen LogP contribution >= 0.6 is 12.4 Å². The highest BCUT2D eigenvalue weighted by molar-refractivity contribution is 5.85. The molecule has 100 valence electrons. The summed E-state index contributed by atoms with van der Waals surface area (Å²) in [6.45, 7) is 4.41. The van der Waals surface area contributed by atoms with E-state index in [0.717, 1.165) is 0 Å². The van der Waals surface area contributed by atoms with Crippen molar-refractivity contribution in [2.24, 2.45) is 11.7 Å². The van der Waals surface area contributed by atoms with Crippen molar-refractivity contribution in [3.05, 3.63) is 0 Å². The maximum Gasteiger partial charge on any atom is 0.237 e. The predicted molar refractivity (Wildman–Crippen MR) is 68.9 cm³/mol. The molecule has 1 fully saturated rings. The zero-order valence-electron chi connectivity index (χ0n) is 10.6. The first kappa shape index (κ1) is 16.2. The van der Waals surface area contributed by atoms with Gasteiger partial charge >= 0.3 is 0 Å². The van der Waals surface area contributed by atoms with Crippen LogP contribution in [0.4, 0.5) is 0 Å². The van der Waals surface area contributed by atoms with E-state index in [9.17, 15) is 9.59 Å². The molecule has 0 aliphatic carbocycles. The van der Waals surface area contributed by atoms with Crippen molar-refractivity contribution in [3.63, 3.8) is 0 Å². The lowest BCUT2D eigenvalue weighted by Gasteiger charge is -2.31. The lowest BCUT2D eigenvalue weighted by atomic mass is 10.0. The molecule has 1 aliphatic rings. The Bertz CT molecular complexity index is 284. The SMILES string of the molecule is CC(C)C(N)C(=O)NC1CCC(=O)N(C)C1.Cl. The molecule has 3 N–H and O–H groups in total. The average molecular weight is 264 g/mol. The van der Waals surface area contributed by atoms with E-state index in [2.05, 4.69) is 5.32 Å². The molecule has 5 nitrogen and oxygen atoms in total. The second kappa shape index (κ2) is 6.81. The number of hydrogen-bond acceptors (Lipinski definition) is 3. The van der Waals surface area contributed by atoms with Crippen LogP contribution in [0.25, 0.3) is 0 Å². The molecular weight excluding hydrogens is 242 g/mol. The smallest absolute Gasteiger partial charge is 0.237 e. The Morgan fingerprint density at radius 2 is 2.12 bits per heavy atom. The maximum atomic E-state index is 11.7. The van der Waals surface area contributed by atoms with E-state index in [1.54, 1.807) is 11.9 Å². The molecule has 17 heavy (non-hydrogen) atoms. The minimum Gasteiger partial charge on any atom is -0.350 e. The molecule has 0 aromatic heterocycles. The number of nitrogens with one attached hydrogen (secondary N) is 1. The van der Waals surface area contributed by atoms with Gasteiger partial charge in [-0.25, -0.2) is 0 Å². The fourth-order valence-electron chi connectivity index (χ4n) is 1.73. The Hall–Kier alpha value is -0.810. The van der Waals surface area contributed by atoms with Crippen LogP contribution in [-0.2, 0) is 9.59 Å². The van der Waals surface area contributed by atoms with Crippen LogP contribution in [0.5, 0.6) is 0 Å². The first-order valence-electron chi connectivity index (χ1n) is 5.71. The fourth-order valence-corrected chi connectivity index (χ4v) is 1.73. The highest BCUT2D eigenvalue weighted by Gasteiger charge is 2.26. The third-order valence-corrected chi connectivity index (χ3v) is 2.99. The Morgan fingerprint density at radius 3 is 2.59 bits per heavy atom. The molecule has 0 saturated carbocycles. The summed E-state index contributed by atoms with van der Waals surface area (Å²) in [5, 5.41) is 2.89. The Kier molecular flexibility index (Phi) is 6.49. The van der Waals surface area contributed by atoms with Crippen LogP contribution in [0.15, 0.2) is 0 Å². The molecule has 6 heteroatoms. The van der Waals surface area contributed by atoms with Crippen LogP contribution < -0.4 is 11.1 Å². The van der Waals surface area contributed by atoms with Gasteiger partial charge in [0.15, 0.2) is 0 Å². The molecule has 1 heterocycles. The lowest BCUT2D eigenvalue weighted by molar-refractivity contribution is -0.134. The van der Waals surface area contributed by atoms with E-state index in [1.165, 1.54) is 0 Å². The molecule has 1 rings (SSSR count). The largest absolute Gasteiger partial charge is 0.350 e. The number of carbonyl (C=O) groups excluding carboxylic acids is 2. The number of nitrogens with zero attached hydrogens (tertiary/aromatic N) is 1. The number of likely N-dealkylation sites (N-methyl/N-ethyl adjacent to an activating group) is 1. The minimum atomic E-state index is -0.470. The third kappa shape index (κ3) is 4.52. The second-order valence-corrected chi connectivity index (χ2v) is 4.79. The van der Waals surface area contributed by atoms with Crippen LogP contribution in [0.1, 0.15) is 26.7 Å². The van der Waals surface area contributed by atoms with E-state index < -0.39 is 6.04 Å². The lowest BCUT2D eigenvalue weighted by Crippen LogP contribution is -2.53. The van der Waals surface area contributed by atoms with Crippen molar-refractivity contribution < 1.29 is 9.59 Å². The van der Waals surface area contributed by atoms with E-state index in [0.29, 0.717) is 19.4 Å². The number of likely N-dealkylation sites (tertiary alicyclic amines) is 1. The Morgan fingerprint density at radius 1 is 1.53 bits per heavy atom. The van der Waals surface area contributed by atoms with Gasteiger partial charge in [0.25, 0.3) is 0 Å². The second-order valence-electron chi connectivity index (χ2n) is 4.79. The van der Waals surface area contributed by atoms with Gasteiger partial charge in [-0.15, -0.1) is 12.4 Å². The van der Waals surface area contributed by atoms with Gasteiger partial charge in [-0.1, -0.05) is 13.8 Å². The summed E-state index contributed by atoms with van der Waals surface area (Å²) >= 11 is 0. The first-order valence-corrected chi connectivity index (χ1v) is 5.71. The number of amides is 2. The molecule has 0 spiro atoms. The summed E-state index contributed by atoms with van der Waals surface area (Å²) in [6.07, 6.45) is 1.21. The number of nitrogens with two attached hydrogens (primary N) is 1. The molecule has 2 atom stereocenters. The summed E-state index contributed by atoms with van der Waals surface area (Å²) in [5.74, 6) is 0.143. The number of halogens is 1. The summed E-state index contributed by atoms with van der Waals surface area (Å²) in [6, 6.07) is -0.428. The van der Waals surface area contributed by atoms with Gasteiger partial charge < -0.3 is 16.0 Å². The number of piperidine rings is 1. The third-order valence-electron chi connectivity index (χ3n) is 2.99. The molecule has 2 unspecified atom stereocenters. The fraction of sp³-hybridized carbons (Fsp3) is 0.818. The molecule has 0 radical (unpaired) electrons. The number of carbonyl (C=O) groups is 2. The van der Waals surface area contributed by atoms with Crippen LogP contribution in [0.3, 0.4) is 0 Å². The van der Waals surface area contributed by atoms with Gasteiger partial charge in [-0.3, -0.25) is 9.59 Å². The van der Waals surface area contributed by atoms with Crippen molar-refractivity contribution in [2.75, 3.05) is 13.6 Å². The predicted octanol–water partition coefficient (Wildman–Crippen LogP) is 0.128. The van der Waals surface area contributed by atoms with Crippen molar-refractivity contribution in [1.29, 1.82) is 0 Å². The average Bonchev–Trinajstić information content (AvgIpc) is 2.22. The van der Waals surface area contributed by atoms with Crippen molar-refractivity contribution in [1.82, 2.24) is 10.2 Å². The topological polar surface area (TPSA) is 75.4 Å². The summed E-state index contributed by atoms with van der Waals surface area (Å²) in [7, 11) is 1.75. The van der Waals surface area contributed by atoms with Gasteiger partial charge in [-0.05, 0) is 12.3 Å². The van der Waals surface area contributed by atoms with E-state index >= 15 is 0 Å². The first-order chi connectivity index (χ1) is 7.41. The summed E-state index contributed by atoms with van der Waals surface area (Å²) in [4.78, 5) is 24.6. The van der Waals surface area contributed by atoms with Gasteiger partial charge in [0, 0.05) is 26.1 Å². The maximum absolute atomic E-state index is 11.7. The van der Waals surface area contributed by atoms with E-state index in [1.807, 2.05) is 13.8 Å². The minimum absolute atomic E-state index is 0. The highest BCUT2D eigenvalue weighted by Crippen LogP contribution is 2.10. The quantitative estimate of drug-likeness (QED) is 0.760. The standard InChI is InChI=1S/C11H21N3O2.ClH/c1-7(2)10(12)11(16)13-8-4-5-9(15)14(3)6-8;/h7-8,10H,4-6,12H2,1-3H3,(H,13,16);1H. The van der Waals surface area contributed by atoms with Crippen LogP contribution in [-0.4, -0.2) is 42.4 Å². The Balaban J connectivity index is 0.00000256. The van der Waals surface area contributed by atoms with Crippen LogP contribution in [0, 0.1) is 5.92 Å². The molecule has 1 saturated heterocycles. The van der Waals surface area contributed by atoms with E-state index in [-0.39, 0.29) is 36.2 Å². The molecule has 1 aliphatic heterocycles. The van der Waals surface area contributed by atoms with Crippen LogP contribution in [0.2, 0.25) is 0 Å². The van der Waals surface area contributed by atoms with Gasteiger partial charge in [0.1, 0.15) is 0 Å². The van der Waals surface area contributed by atoms with Crippen molar-refractivity contribution in [3.8, 4) is 0 Å². The molecule has 0 aromatic carbocycles. The van der Waals surface area contributed by atoms with Crippen molar-refractivity contribution >= 4 is 24.2 Å². The zero-order valence-corrected chi connectivity index (χ0v) is 11.4. The molecule has 0 bridgehead atoms. The molecular formula is C11H22ClN3O2. The Labute approximate surface area is 109 Å². The van der Waals surface area contributed by atoms with Gasteiger partial charge in [-0.2, -0.15) is 0 Å². The van der Waals surface area contributed by atoms with Gasteiger partial charge in [0.2, 0.25) is 11.8 Å². The normalized spacial score (nSPS) is 22.1. The molecule has 2 amide bonds. The van der Waals surface area contributed by atoms with E-state index in [4.69, 9.17) is 5.73 Å². The molecule has 0 aromatic rings. The zero-order chi connectivity index (χ0) is 12.3. The van der Waals surface area contributed by atoms with Crippen molar-refractivity contribution in [2.45, 2.75) is 38.8 Å². The highest BCUT2D eigenvalue weighted by atomic mass is 35.5. The monoisotopic (exact) mass is 263 g/mol. The summed E-state index contributed by atoms with van der Waals surface area (Å²) < 4.78 is 0. The number of hydrogen-bond donors (Lipinski definition) is 2. The van der Waals surface area contributed by atoms with Gasteiger partial charge in [0.05, 0.1) is 6.04 Å². The number of rotatable bonds is 3.